The van der Waals surface area contributed by atoms with E-state index in [9.17, 15) is 4.79 Å². The molecular weight excluding hydrogens is 238 g/mol. The molecule has 0 atom stereocenters. The van der Waals surface area contributed by atoms with E-state index in [1.807, 2.05) is 14.1 Å². The largest absolute Gasteiger partial charge is 0.348 e. The lowest BCUT2D eigenvalue weighted by molar-refractivity contribution is -0.130. The van der Waals surface area contributed by atoms with E-state index in [0.29, 0.717) is 12.6 Å². The van der Waals surface area contributed by atoms with Gasteiger partial charge in [-0.2, -0.15) is 0 Å². The molecular formula is C15H27N3O. The number of terminal acetylenes is 1. The predicted molar refractivity (Wildman–Crippen MR) is 78.8 cm³/mol. The number of nitrogens with zero attached hydrogens (tertiary/aromatic N) is 2. The summed E-state index contributed by atoms with van der Waals surface area (Å²) in [6, 6.07) is 0.608. The number of piperidine rings is 1. The summed E-state index contributed by atoms with van der Waals surface area (Å²) in [5.74, 6) is 2.86. The lowest BCUT2D eigenvalue weighted by atomic mass is 10.0. The minimum Gasteiger partial charge on any atom is -0.348 e. The second-order valence-corrected chi connectivity index (χ2v) is 5.45. The monoisotopic (exact) mass is 265 g/mol. The molecule has 1 fully saturated rings. The van der Waals surface area contributed by atoms with Crippen molar-refractivity contribution >= 4 is 5.91 Å². The smallest absolute Gasteiger partial charge is 0.236 e. The van der Waals surface area contributed by atoms with Gasteiger partial charge in [0.15, 0.2) is 0 Å². The van der Waals surface area contributed by atoms with E-state index in [4.69, 9.17) is 6.42 Å². The first-order valence-electron chi connectivity index (χ1n) is 7.23. The molecule has 0 aromatic heterocycles. The fourth-order valence-electron chi connectivity index (χ4n) is 2.29. The summed E-state index contributed by atoms with van der Waals surface area (Å²) in [6.45, 7) is 3.65. The molecule has 108 valence electrons. The van der Waals surface area contributed by atoms with E-state index in [1.165, 1.54) is 0 Å². The Hall–Kier alpha value is -1.05. The van der Waals surface area contributed by atoms with E-state index in [1.54, 1.807) is 4.90 Å². The summed E-state index contributed by atoms with van der Waals surface area (Å²) < 4.78 is 0. The van der Waals surface area contributed by atoms with Crippen molar-refractivity contribution in [2.45, 2.75) is 38.1 Å². The van der Waals surface area contributed by atoms with Gasteiger partial charge >= 0.3 is 0 Å². The second-order valence-electron chi connectivity index (χ2n) is 5.45. The van der Waals surface area contributed by atoms with Crippen LogP contribution in [0.15, 0.2) is 0 Å². The average Bonchev–Trinajstić information content (AvgIpc) is 2.40. The molecule has 0 aromatic rings. The molecule has 19 heavy (non-hydrogen) atoms. The van der Waals surface area contributed by atoms with Crippen molar-refractivity contribution in [2.75, 3.05) is 40.3 Å². The summed E-state index contributed by atoms with van der Waals surface area (Å²) >= 11 is 0. The Morgan fingerprint density at radius 3 is 2.63 bits per heavy atom. The highest BCUT2D eigenvalue weighted by molar-refractivity contribution is 5.77. The van der Waals surface area contributed by atoms with Crippen LogP contribution in [0.2, 0.25) is 0 Å². The highest BCUT2D eigenvalue weighted by atomic mass is 16.2. The zero-order valence-corrected chi connectivity index (χ0v) is 12.3. The van der Waals surface area contributed by atoms with Crippen molar-refractivity contribution in [3.63, 3.8) is 0 Å². The van der Waals surface area contributed by atoms with Crippen LogP contribution in [0.4, 0.5) is 0 Å². The van der Waals surface area contributed by atoms with Crippen molar-refractivity contribution in [2.24, 2.45) is 0 Å². The minimum absolute atomic E-state index is 0.195. The average molecular weight is 265 g/mol. The molecule has 0 spiro atoms. The van der Waals surface area contributed by atoms with Crippen molar-refractivity contribution in [1.29, 1.82) is 0 Å². The summed E-state index contributed by atoms with van der Waals surface area (Å²) in [7, 11) is 3.62. The standard InChI is InChI=1S/C15H27N3O/c1-4-5-6-7-10-16-14-8-11-18(12-9-14)13-15(19)17(2)3/h1,14,16H,5-13H2,2-3H3. The fourth-order valence-corrected chi connectivity index (χ4v) is 2.29. The maximum absolute atomic E-state index is 11.6. The molecule has 0 unspecified atom stereocenters. The summed E-state index contributed by atoms with van der Waals surface area (Å²) in [6.07, 6.45) is 10.6. The van der Waals surface area contributed by atoms with Crippen molar-refractivity contribution in [1.82, 2.24) is 15.1 Å². The Balaban J connectivity index is 2.09. The van der Waals surface area contributed by atoms with Crippen molar-refractivity contribution < 1.29 is 4.79 Å². The highest BCUT2D eigenvalue weighted by Crippen LogP contribution is 2.10. The second kappa shape index (κ2) is 8.95. The van der Waals surface area contributed by atoms with Crippen molar-refractivity contribution in [3.8, 4) is 12.3 Å². The summed E-state index contributed by atoms with van der Waals surface area (Å²) in [4.78, 5) is 15.5. The molecule has 1 amide bonds. The van der Waals surface area contributed by atoms with Crippen LogP contribution >= 0.6 is 0 Å². The fraction of sp³-hybridized carbons (Fsp3) is 0.800. The van der Waals surface area contributed by atoms with Crippen LogP contribution in [0, 0.1) is 12.3 Å². The Labute approximate surface area is 117 Å². The van der Waals surface area contributed by atoms with Crippen molar-refractivity contribution in [3.05, 3.63) is 0 Å². The van der Waals surface area contributed by atoms with Gasteiger partial charge in [-0.1, -0.05) is 0 Å². The number of carbonyl (C=O) groups excluding carboxylic acids is 1. The number of unbranched alkanes of at least 4 members (excludes halogenated alkanes) is 2. The molecule has 0 aliphatic carbocycles. The first-order valence-corrected chi connectivity index (χ1v) is 7.23. The van der Waals surface area contributed by atoms with Gasteiger partial charge in [-0.3, -0.25) is 9.69 Å². The van der Waals surface area contributed by atoms with Gasteiger partial charge in [0, 0.05) is 39.6 Å². The van der Waals surface area contributed by atoms with Gasteiger partial charge in [-0.25, -0.2) is 0 Å². The van der Waals surface area contributed by atoms with E-state index in [0.717, 1.165) is 51.7 Å². The zero-order valence-electron chi connectivity index (χ0n) is 12.3. The Kier molecular flexibility index (Phi) is 7.54. The number of carbonyl (C=O) groups is 1. The van der Waals surface area contributed by atoms with Crippen LogP contribution in [0.5, 0.6) is 0 Å². The topological polar surface area (TPSA) is 35.6 Å². The van der Waals surface area contributed by atoms with E-state index < -0.39 is 0 Å². The number of nitrogens with one attached hydrogen (secondary N) is 1. The third-order valence-corrected chi connectivity index (χ3v) is 3.63. The normalized spacial score (nSPS) is 17.1. The number of hydrogen-bond acceptors (Lipinski definition) is 3. The van der Waals surface area contributed by atoms with Crippen LogP contribution in [-0.2, 0) is 4.79 Å². The van der Waals surface area contributed by atoms with E-state index in [-0.39, 0.29) is 5.91 Å². The number of likely N-dealkylation sites (tertiary alicyclic amines) is 1. The van der Waals surface area contributed by atoms with Crippen LogP contribution in [-0.4, -0.2) is 62.0 Å². The molecule has 4 heteroatoms. The maximum Gasteiger partial charge on any atom is 0.236 e. The van der Waals surface area contributed by atoms with Gasteiger partial charge < -0.3 is 10.2 Å². The van der Waals surface area contributed by atoms with E-state index >= 15 is 0 Å². The number of hydrogen-bond donors (Lipinski definition) is 1. The maximum atomic E-state index is 11.6. The third kappa shape index (κ3) is 6.60. The SMILES string of the molecule is C#CCCCCNC1CCN(CC(=O)N(C)C)CC1. The Bertz CT molecular complexity index is 301. The number of amides is 1. The van der Waals surface area contributed by atoms with Crippen LogP contribution in [0.25, 0.3) is 0 Å². The van der Waals surface area contributed by atoms with Gasteiger partial charge in [0.25, 0.3) is 0 Å². The van der Waals surface area contributed by atoms with Crippen LogP contribution in [0.3, 0.4) is 0 Å². The third-order valence-electron chi connectivity index (χ3n) is 3.63. The van der Waals surface area contributed by atoms with Gasteiger partial charge in [0.2, 0.25) is 5.91 Å². The van der Waals surface area contributed by atoms with Crippen LogP contribution < -0.4 is 5.32 Å². The predicted octanol–water partition coefficient (Wildman–Crippen LogP) is 0.932. The molecule has 4 nitrogen and oxygen atoms in total. The van der Waals surface area contributed by atoms with Crippen LogP contribution in [0.1, 0.15) is 32.1 Å². The zero-order chi connectivity index (χ0) is 14.1. The number of rotatable bonds is 7. The molecule has 1 N–H and O–H groups in total. The molecule has 1 aliphatic rings. The lowest BCUT2D eigenvalue weighted by Gasteiger charge is -2.32. The molecule has 0 bridgehead atoms. The Morgan fingerprint density at radius 1 is 1.37 bits per heavy atom. The molecule has 1 heterocycles. The molecule has 1 rings (SSSR count). The van der Waals surface area contributed by atoms with Gasteiger partial charge in [0.1, 0.15) is 0 Å². The summed E-state index contributed by atoms with van der Waals surface area (Å²) in [5.41, 5.74) is 0. The molecule has 0 saturated carbocycles. The molecule has 0 aromatic carbocycles. The minimum atomic E-state index is 0.195. The first kappa shape index (κ1) is 16.0. The van der Waals surface area contributed by atoms with Gasteiger partial charge in [-0.05, 0) is 32.2 Å². The Morgan fingerprint density at radius 2 is 2.05 bits per heavy atom. The highest BCUT2D eigenvalue weighted by Gasteiger charge is 2.20. The van der Waals surface area contributed by atoms with Gasteiger partial charge in [-0.15, -0.1) is 12.3 Å². The first-order chi connectivity index (χ1) is 9.13. The quantitative estimate of drug-likeness (QED) is 0.549. The summed E-state index contributed by atoms with van der Waals surface area (Å²) in [5, 5.41) is 3.59. The van der Waals surface area contributed by atoms with E-state index in [2.05, 4.69) is 16.1 Å². The lowest BCUT2D eigenvalue weighted by Crippen LogP contribution is -2.46. The van der Waals surface area contributed by atoms with Gasteiger partial charge in [0.05, 0.1) is 6.54 Å². The molecule has 0 radical (unpaired) electrons. The molecule has 1 aliphatic heterocycles. The molecule has 1 saturated heterocycles. The number of likely N-dealkylation sites (N-methyl/N-ethyl adjacent to an activating group) is 1.